The Kier molecular flexibility index (Phi) is 6.32. The molecule has 0 saturated carbocycles. The minimum atomic E-state index is -0.0635. The van der Waals surface area contributed by atoms with Crippen LogP contribution in [0.5, 0.6) is 0 Å². The number of aliphatic hydroxyl groups excluding tert-OH is 1. The maximum atomic E-state index is 12.8. The maximum Gasteiger partial charge on any atom is 0.262 e. The van der Waals surface area contributed by atoms with Gasteiger partial charge in [0.15, 0.2) is 0 Å². The Hall–Kier alpha value is -3.00. The summed E-state index contributed by atoms with van der Waals surface area (Å²) in [6.07, 6.45) is 9.19. The first-order chi connectivity index (χ1) is 13.2. The first-order valence-corrected chi connectivity index (χ1v) is 9.15. The molecule has 0 aliphatic heterocycles. The van der Waals surface area contributed by atoms with Gasteiger partial charge in [-0.05, 0) is 43.7 Å². The van der Waals surface area contributed by atoms with Gasteiger partial charge < -0.3 is 20.3 Å². The summed E-state index contributed by atoms with van der Waals surface area (Å²) in [5.41, 5.74) is -0.0635. The van der Waals surface area contributed by atoms with Gasteiger partial charge in [-0.15, -0.1) is 0 Å². The monoisotopic (exact) mass is 368 g/mol. The number of anilines is 3. The molecule has 0 fully saturated rings. The molecule has 0 amide bonds. The lowest BCUT2D eigenvalue weighted by molar-refractivity contribution is 0.283. The lowest BCUT2D eigenvalue weighted by Crippen LogP contribution is -2.20. The van der Waals surface area contributed by atoms with Crippen molar-refractivity contribution in [2.75, 3.05) is 23.8 Å². The summed E-state index contributed by atoms with van der Waals surface area (Å²) in [6.45, 7) is 3.41. The molecule has 0 aliphatic carbocycles. The zero-order valence-electron chi connectivity index (χ0n) is 15.4. The fourth-order valence-electron chi connectivity index (χ4n) is 2.86. The highest BCUT2D eigenvalue weighted by molar-refractivity contribution is 5.93. The Morgan fingerprint density at radius 1 is 1.19 bits per heavy atom. The first kappa shape index (κ1) is 18.8. The van der Waals surface area contributed by atoms with Gasteiger partial charge >= 0.3 is 0 Å². The van der Waals surface area contributed by atoms with E-state index in [1.807, 2.05) is 19.1 Å². The molecule has 0 radical (unpaired) electrons. The van der Waals surface area contributed by atoms with Crippen molar-refractivity contribution in [3.05, 3.63) is 47.3 Å². The maximum absolute atomic E-state index is 12.8. The first-order valence-electron chi connectivity index (χ1n) is 9.15. The van der Waals surface area contributed by atoms with Crippen molar-refractivity contribution in [3.63, 3.8) is 0 Å². The zero-order chi connectivity index (χ0) is 19.1. The normalized spacial score (nSPS) is 10.9. The second-order valence-electron chi connectivity index (χ2n) is 6.15. The van der Waals surface area contributed by atoms with E-state index in [9.17, 15) is 4.79 Å². The van der Waals surface area contributed by atoms with Crippen LogP contribution in [0, 0.1) is 0 Å². The standard InChI is InChI=1S/C19H24N6O2/c1-2-25-10-6-14-12-15(23-16-13-20-8-9-21-16)24-18(17(14)19(25)27)22-7-4-3-5-11-26/h6,8-10,12-13,26H,2-5,7,11H2,1H3,(H2,21,22,23,24). The number of fused-ring (bicyclic) bond motifs is 1. The molecule has 0 saturated heterocycles. The average molecular weight is 368 g/mol. The minimum absolute atomic E-state index is 0.0635. The SMILES string of the molecule is CCn1ccc2cc(Nc3cnccn3)nc(NCCCCCO)c2c1=O. The van der Waals surface area contributed by atoms with Gasteiger partial charge in [0.1, 0.15) is 17.5 Å². The average Bonchev–Trinajstić information content (AvgIpc) is 2.68. The fraction of sp³-hybridized carbons (Fsp3) is 0.368. The molecule has 0 aromatic carbocycles. The number of hydrogen-bond donors (Lipinski definition) is 3. The molecule has 0 atom stereocenters. The summed E-state index contributed by atoms with van der Waals surface area (Å²) in [5, 5.41) is 16.7. The van der Waals surface area contributed by atoms with E-state index in [0.29, 0.717) is 35.9 Å². The number of unbranched alkanes of at least 4 members (excludes halogenated alkanes) is 2. The molecule has 27 heavy (non-hydrogen) atoms. The van der Waals surface area contributed by atoms with Gasteiger partial charge in [-0.25, -0.2) is 9.97 Å². The summed E-state index contributed by atoms with van der Waals surface area (Å²) in [4.78, 5) is 25.6. The number of hydrogen-bond acceptors (Lipinski definition) is 7. The van der Waals surface area contributed by atoms with Crippen molar-refractivity contribution in [1.29, 1.82) is 0 Å². The Morgan fingerprint density at radius 3 is 2.81 bits per heavy atom. The van der Waals surface area contributed by atoms with E-state index in [4.69, 9.17) is 5.11 Å². The number of aryl methyl sites for hydroxylation is 1. The molecular weight excluding hydrogens is 344 g/mol. The van der Waals surface area contributed by atoms with Crippen molar-refractivity contribution in [2.45, 2.75) is 32.7 Å². The van der Waals surface area contributed by atoms with Gasteiger partial charge in [-0.2, -0.15) is 0 Å². The molecule has 0 aliphatic rings. The number of nitrogens with zero attached hydrogens (tertiary/aromatic N) is 4. The van der Waals surface area contributed by atoms with Crippen LogP contribution in [0.15, 0.2) is 41.7 Å². The lowest BCUT2D eigenvalue weighted by Gasteiger charge is -2.13. The van der Waals surface area contributed by atoms with E-state index in [2.05, 4.69) is 25.6 Å². The number of pyridine rings is 2. The third-order valence-electron chi connectivity index (χ3n) is 4.25. The molecule has 3 N–H and O–H groups in total. The van der Waals surface area contributed by atoms with Crippen LogP contribution < -0.4 is 16.2 Å². The third kappa shape index (κ3) is 4.59. The summed E-state index contributed by atoms with van der Waals surface area (Å²) in [7, 11) is 0. The van der Waals surface area contributed by atoms with Crippen LogP contribution in [-0.4, -0.2) is 37.8 Å². The molecule has 8 nitrogen and oxygen atoms in total. The van der Waals surface area contributed by atoms with E-state index in [1.54, 1.807) is 29.4 Å². The smallest absolute Gasteiger partial charge is 0.262 e. The molecule has 3 aromatic rings. The molecule has 8 heteroatoms. The summed E-state index contributed by atoms with van der Waals surface area (Å²) in [6, 6.07) is 3.75. The van der Waals surface area contributed by atoms with Crippen LogP contribution in [0.25, 0.3) is 10.8 Å². The highest BCUT2D eigenvalue weighted by Gasteiger charge is 2.12. The minimum Gasteiger partial charge on any atom is -0.396 e. The Morgan fingerprint density at radius 2 is 2.07 bits per heavy atom. The number of aromatic nitrogens is 4. The molecular formula is C19H24N6O2. The van der Waals surface area contributed by atoms with Gasteiger partial charge in [0.25, 0.3) is 5.56 Å². The topological polar surface area (TPSA) is 105 Å². The van der Waals surface area contributed by atoms with Crippen LogP contribution in [0.4, 0.5) is 17.5 Å². The Bertz CT molecular complexity index is 942. The van der Waals surface area contributed by atoms with Crippen molar-refractivity contribution in [2.24, 2.45) is 0 Å². The highest BCUT2D eigenvalue weighted by atomic mass is 16.2. The molecule has 3 aromatic heterocycles. The molecule has 142 valence electrons. The second-order valence-corrected chi connectivity index (χ2v) is 6.15. The molecule has 3 heterocycles. The molecule has 0 spiro atoms. The van der Waals surface area contributed by atoms with Gasteiger partial charge in [0.2, 0.25) is 0 Å². The van der Waals surface area contributed by atoms with Crippen LogP contribution in [0.3, 0.4) is 0 Å². The zero-order valence-corrected chi connectivity index (χ0v) is 15.4. The van der Waals surface area contributed by atoms with Crippen LogP contribution in [0.2, 0.25) is 0 Å². The van der Waals surface area contributed by atoms with Gasteiger partial charge in [-0.3, -0.25) is 9.78 Å². The van der Waals surface area contributed by atoms with Gasteiger partial charge in [0, 0.05) is 38.3 Å². The lowest BCUT2D eigenvalue weighted by atomic mass is 10.2. The van der Waals surface area contributed by atoms with E-state index >= 15 is 0 Å². The largest absolute Gasteiger partial charge is 0.396 e. The van der Waals surface area contributed by atoms with E-state index < -0.39 is 0 Å². The van der Waals surface area contributed by atoms with Crippen molar-refractivity contribution >= 4 is 28.2 Å². The number of rotatable bonds is 9. The van der Waals surface area contributed by atoms with E-state index in [1.165, 1.54) is 0 Å². The third-order valence-corrected chi connectivity index (χ3v) is 4.25. The highest BCUT2D eigenvalue weighted by Crippen LogP contribution is 2.23. The van der Waals surface area contributed by atoms with E-state index in [-0.39, 0.29) is 12.2 Å². The predicted molar refractivity (Wildman–Crippen MR) is 106 cm³/mol. The number of nitrogens with one attached hydrogen (secondary N) is 2. The second kappa shape index (κ2) is 9.09. The Labute approximate surface area is 157 Å². The quantitative estimate of drug-likeness (QED) is 0.498. The molecule has 0 bridgehead atoms. The number of aliphatic hydroxyl groups is 1. The summed E-state index contributed by atoms with van der Waals surface area (Å²) in [5.74, 6) is 1.73. The summed E-state index contributed by atoms with van der Waals surface area (Å²) >= 11 is 0. The van der Waals surface area contributed by atoms with Gasteiger partial charge in [-0.1, -0.05) is 0 Å². The van der Waals surface area contributed by atoms with Crippen LogP contribution >= 0.6 is 0 Å². The van der Waals surface area contributed by atoms with E-state index in [0.717, 1.165) is 24.6 Å². The van der Waals surface area contributed by atoms with Gasteiger partial charge in [0.05, 0.1) is 11.6 Å². The van der Waals surface area contributed by atoms with Crippen molar-refractivity contribution in [1.82, 2.24) is 19.5 Å². The van der Waals surface area contributed by atoms with Crippen LogP contribution in [0.1, 0.15) is 26.2 Å². The van der Waals surface area contributed by atoms with Crippen molar-refractivity contribution in [3.8, 4) is 0 Å². The summed E-state index contributed by atoms with van der Waals surface area (Å²) < 4.78 is 1.66. The predicted octanol–water partition coefficient (Wildman–Crippen LogP) is 2.52. The molecule has 3 rings (SSSR count). The van der Waals surface area contributed by atoms with Crippen molar-refractivity contribution < 1.29 is 5.11 Å². The fourth-order valence-corrected chi connectivity index (χ4v) is 2.86. The Balaban J connectivity index is 1.95. The molecule has 0 unspecified atom stereocenters. The van der Waals surface area contributed by atoms with Crippen LogP contribution in [-0.2, 0) is 6.54 Å².